The fourth-order valence-corrected chi connectivity index (χ4v) is 1.94. The molecule has 1 atom stereocenters. The highest BCUT2D eigenvalue weighted by atomic mass is 16.5. The Kier molecular flexibility index (Phi) is 6.39. The van der Waals surface area contributed by atoms with Gasteiger partial charge in [0.2, 0.25) is 5.75 Å². The SMILES string of the molecule is CCNc1ncnc(N(CC)CC(C)CC)c1OC. The van der Waals surface area contributed by atoms with E-state index in [-0.39, 0.29) is 0 Å². The lowest BCUT2D eigenvalue weighted by Crippen LogP contribution is -2.29. The van der Waals surface area contributed by atoms with Gasteiger partial charge in [-0.05, 0) is 19.8 Å². The van der Waals surface area contributed by atoms with Crippen LogP contribution in [0.5, 0.6) is 5.75 Å². The summed E-state index contributed by atoms with van der Waals surface area (Å²) in [5.74, 6) is 2.99. The van der Waals surface area contributed by atoms with Crippen LogP contribution in [-0.4, -0.2) is 36.7 Å². The maximum Gasteiger partial charge on any atom is 0.204 e. The number of nitrogens with zero attached hydrogens (tertiary/aromatic N) is 3. The zero-order chi connectivity index (χ0) is 14.3. The molecule has 5 heteroatoms. The van der Waals surface area contributed by atoms with Crippen molar-refractivity contribution in [2.75, 3.05) is 37.0 Å². The number of anilines is 2. The minimum Gasteiger partial charge on any atom is -0.490 e. The third-order valence-electron chi connectivity index (χ3n) is 3.24. The van der Waals surface area contributed by atoms with Crippen LogP contribution >= 0.6 is 0 Å². The molecule has 1 aromatic rings. The predicted molar refractivity (Wildman–Crippen MR) is 80.1 cm³/mol. The molecule has 0 saturated carbocycles. The summed E-state index contributed by atoms with van der Waals surface area (Å²) < 4.78 is 5.50. The summed E-state index contributed by atoms with van der Waals surface area (Å²) in [6, 6.07) is 0. The molecule has 1 N–H and O–H groups in total. The maximum absolute atomic E-state index is 5.50. The second-order valence-electron chi connectivity index (χ2n) is 4.66. The predicted octanol–water partition coefficient (Wildman–Crippen LogP) is 2.79. The van der Waals surface area contributed by atoms with Crippen molar-refractivity contribution in [3.63, 3.8) is 0 Å². The van der Waals surface area contributed by atoms with E-state index in [0.29, 0.717) is 5.92 Å². The van der Waals surface area contributed by atoms with Gasteiger partial charge in [-0.15, -0.1) is 0 Å². The van der Waals surface area contributed by atoms with Crippen molar-refractivity contribution in [1.29, 1.82) is 0 Å². The Balaban J connectivity index is 3.05. The fraction of sp³-hybridized carbons (Fsp3) is 0.714. The monoisotopic (exact) mass is 266 g/mol. The Bertz CT molecular complexity index is 384. The van der Waals surface area contributed by atoms with E-state index in [1.807, 2.05) is 6.92 Å². The first-order valence-corrected chi connectivity index (χ1v) is 7.05. The third-order valence-corrected chi connectivity index (χ3v) is 3.24. The number of hydrogen-bond acceptors (Lipinski definition) is 5. The van der Waals surface area contributed by atoms with Gasteiger partial charge in [-0.3, -0.25) is 0 Å². The van der Waals surface area contributed by atoms with E-state index in [1.54, 1.807) is 13.4 Å². The van der Waals surface area contributed by atoms with Crippen LogP contribution in [0.2, 0.25) is 0 Å². The summed E-state index contributed by atoms with van der Waals surface area (Å²) in [5, 5.41) is 3.21. The van der Waals surface area contributed by atoms with Gasteiger partial charge >= 0.3 is 0 Å². The molecule has 0 radical (unpaired) electrons. The van der Waals surface area contributed by atoms with Gasteiger partial charge in [-0.25, -0.2) is 9.97 Å². The van der Waals surface area contributed by atoms with Crippen LogP contribution in [0.15, 0.2) is 6.33 Å². The topological polar surface area (TPSA) is 50.3 Å². The first kappa shape index (κ1) is 15.5. The first-order chi connectivity index (χ1) is 9.17. The van der Waals surface area contributed by atoms with E-state index >= 15 is 0 Å². The second kappa shape index (κ2) is 7.81. The molecule has 1 heterocycles. The zero-order valence-corrected chi connectivity index (χ0v) is 12.7. The lowest BCUT2D eigenvalue weighted by molar-refractivity contribution is 0.410. The maximum atomic E-state index is 5.50. The van der Waals surface area contributed by atoms with Crippen LogP contribution in [0.25, 0.3) is 0 Å². The lowest BCUT2D eigenvalue weighted by atomic mass is 10.1. The van der Waals surface area contributed by atoms with E-state index in [2.05, 4.69) is 41.0 Å². The zero-order valence-electron chi connectivity index (χ0n) is 12.7. The summed E-state index contributed by atoms with van der Waals surface area (Å²) in [6.45, 7) is 11.3. The van der Waals surface area contributed by atoms with Crippen molar-refractivity contribution in [2.24, 2.45) is 5.92 Å². The van der Waals surface area contributed by atoms with E-state index in [4.69, 9.17) is 4.74 Å². The molecule has 0 amide bonds. The summed E-state index contributed by atoms with van der Waals surface area (Å²) in [5.41, 5.74) is 0. The minimum atomic E-state index is 0.627. The largest absolute Gasteiger partial charge is 0.490 e. The number of nitrogens with one attached hydrogen (secondary N) is 1. The van der Waals surface area contributed by atoms with Crippen LogP contribution < -0.4 is 15.0 Å². The van der Waals surface area contributed by atoms with Crippen LogP contribution in [0.1, 0.15) is 34.1 Å². The van der Waals surface area contributed by atoms with E-state index < -0.39 is 0 Å². The van der Waals surface area contributed by atoms with Gasteiger partial charge < -0.3 is 15.0 Å². The first-order valence-electron chi connectivity index (χ1n) is 7.05. The van der Waals surface area contributed by atoms with Crippen LogP contribution in [0.3, 0.4) is 0 Å². The van der Waals surface area contributed by atoms with E-state index in [1.165, 1.54) is 0 Å². The van der Waals surface area contributed by atoms with Crippen LogP contribution in [0.4, 0.5) is 11.6 Å². The molecule has 0 aliphatic rings. The highest BCUT2D eigenvalue weighted by Crippen LogP contribution is 2.32. The van der Waals surface area contributed by atoms with Gasteiger partial charge in [0.15, 0.2) is 11.6 Å². The van der Waals surface area contributed by atoms with Crippen molar-refractivity contribution in [2.45, 2.75) is 34.1 Å². The molecule has 0 fully saturated rings. The molecule has 0 aromatic carbocycles. The van der Waals surface area contributed by atoms with Gasteiger partial charge in [-0.1, -0.05) is 20.3 Å². The molecule has 0 aliphatic carbocycles. The summed E-state index contributed by atoms with van der Waals surface area (Å²) in [7, 11) is 1.67. The number of methoxy groups -OCH3 is 1. The summed E-state index contributed by atoms with van der Waals surface area (Å²) in [4.78, 5) is 10.9. The molecule has 1 unspecified atom stereocenters. The lowest BCUT2D eigenvalue weighted by Gasteiger charge is -2.27. The van der Waals surface area contributed by atoms with E-state index in [9.17, 15) is 0 Å². The Hall–Kier alpha value is -1.52. The van der Waals surface area contributed by atoms with Crippen molar-refractivity contribution in [3.05, 3.63) is 6.33 Å². The van der Waals surface area contributed by atoms with E-state index in [0.717, 1.165) is 43.4 Å². The number of aromatic nitrogens is 2. The highest BCUT2D eigenvalue weighted by molar-refractivity contribution is 5.64. The second-order valence-corrected chi connectivity index (χ2v) is 4.66. The standard InChI is InChI=1S/C14H26N4O/c1-6-11(4)9-18(8-3)14-12(19-5)13(15-7-2)16-10-17-14/h10-11H,6-9H2,1-5H3,(H,15,16,17). The number of rotatable bonds is 8. The molecular weight excluding hydrogens is 240 g/mol. The molecular formula is C14H26N4O. The third kappa shape index (κ3) is 3.98. The molecule has 0 bridgehead atoms. The Morgan fingerprint density at radius 1 is 1.32 bits per heavy atom. The van der Waals surface area contributed by atoms with Crippen LogP contribution in [-0.2, 0) is 0 Å². The van der Waals surface area contributed by atoms with Crippen molar-refractivity contribution >= 4 is 11.6 Å². The van der Waals surface area contributed by atoms with Crippen LogP contribution in [0, 0.1) is 5.92 Å². The fourth-order valence-electron chi connectivity index (χ4n) is 1.94. The van der Waals surface area contributed by atoms with Gasteiger partial charge in [0.1, 0.15) is 6.33 Å². The normalized spacial score (nSPS) is 12.1. The Labute approximate surface area is 116 Å². The van der Waals surface area contributed by atoms with Gasteiger partial charge in [0.25, 0.3) is 0 Å². The average molecular weight is 266 g/mol. The smallest absolute Gasteiger partial charge is 0.204 e. The van der Waals surface area contributed by atoms with Gasteiger partial charge in [0.05, 0.1) is 7.11 Å². The molecule has 108 valence electrons. The number of ether oxygens (including phenoxy) is 1. The number of hydrogen-bond donors (Lipinski definition) is 1. The van der Waals surface area contributed by atoms with Crippen molar-refractivity contribution in [3.8, 4) is 5.75 Å². The average Bonchev–Trinajstić information content (AvgIpc) is 2.44. The minimum absolute atomic E-state index is 0.627. The highest BCUT2D eigenvalue weighted by Gasteiger charge is 2.18. The van der Waals surface area contributed by atoms with Gasteiger partial charge in [-0.2, -0.15) is 0 Å². The van der Waals surface area contributed by atoms with Crippen molar-refractivity contribution in [1.82, 2.24) is 9.97 Å². The Morgan fingerprint density at radius 3 is 2.58 bits per heavy atom. The van der Waals surface area contributed by atoms with Crippen molar-refractivity contribution < 1.29 is 4.74 Å². The summed E-state index contributed by atoms with van der Waals surface area (Å²) >= 11 is 0. The van der Waals surface area contributed by atoms with Gasteiger partial charge in [0, 0.05) is 19.6 Å². The molecule has 5 nitrogen and oxygen atoms in total. The quantitative estimate of drug-likeness (QED) is 0.784. The molecule has 19 heavy (non-hydrogen) atoms. The molecule has 0 saturated heterocycles. The summed E-state index contributed by atoms with van der Waals surface area (Å²) in [6.07, 6.45) is 2.75. The molecule has 0 spiro atoms. The Morgan fingerprint density at radius 2 is 2.05 bits per heavy atom. The molecule has 0 aliphatic heterocycles. The molecule has 1 aromatic heterocycles. The molecule has 1 rings (SSSR count).